The van der Waals surface area contributed by atoms with Crippen LogP contribution in [0.25, 0.3) is 0 Å². The van der Waals surface area contributed by atoms with E-state index in [0.29, 0.717) is 18.2 Å². The molecule has 104 valence electrons. The highest BCUT2D eigenvalue weighted by molar-refractivity contribution is 9.10. The average molecular weight is 345 g/mol. The van der Waals surface area contributed by atoms with Gasteiger partial charge in [-0.2, -0.15) is 4.31 Å². The predicted molar refractivity (Wildman–Crippen MR) is 78.2 cm³/mol. The smallest absolute Gasteiger partial charge is 0.245 e. The van der Waals surface area contributed by atoms with Gasteiger partial charge in [-0.3, -0.25) is 0 Å². The van der Waals surface area contributed by atoms with E-state index >= 15 is 0 Å². The van der Waals surface area contributed by atoms with Crippen molar-refractivity contribution in [3.05, 3.63) is 22.7 Å². The lowest BCUT2D eigenvalue weighted by atomic mass is 10.3. The van der Waals surface area contributed by atoms with Crippen molar-refractivity contribution in [2.75, 3.05) is 12.3 Å². The second kappa shape index (κ2) is 4.75. The van der Waals surface area contributed by atoms with Crippen LogP contribution in [0.5, 0.6) is 0 Å². The summed E-state index contributed by atoms with van der Waals surface area (Å²) in [5.41, 5.74) is 6.19. The molecule has 1 aromatic rings. The lowest BCUT2D eigenvalue weighted by molar-refractivity contribution is 0.389. The Morgan fingerprint density at radius 3 is 2.47 bits per heavy atom. The van der Waals surface area contributed by atoms with Crippen molar-refractivity contribution in [3.8, 4) is 0 Å². The Morgan fingerprint density at radius 1 is 1.26 bits per heavy atom. The van der Waals surface area contributed by atoms with Crippen LogP contribution in [0.15, 0.2) is 27.6 Å². The third-order valence-corrected chi connectivity index (χ3v) is 6.13. The highest BCUT2D eigenvalue weighted by Crippen LogP contribution is 2.39. The van der Waals surface area contributed by atoms with Gasteiger partial charge in [0.2, 0.25) is 10.0 Å². The summed E-state index contributed by atoms with van der Waals surface area (Å²) in [5.74, 6) is 0.548. The van der Waals surface area contributed by atoms with E-state index in [1.165, 1.54) is 0 Å². The monoisotopic (exact) mass is 344 g/mol. The summed E-state index contributed by atoms with van der Waals surface area (Å²) in [6.07, 6.45) is 4.24. The Bertz CT molecular complexity index is 595. The maximum Gasteiger partial charge on any atom is 0.245 e. The quantitative estimate of drug-likeness (QED) is 0.835. The molecular weight excluding hydrogens is 328 g/mol. The standard InChI is InChI=1S/C13H17BrN2O2S/c14-10-3-6-13(12(15)7-10)19(17,18)16(11-4-5-11)8-9-1-2-9/h3,6-7,9,11H,1-2,4-5,8,15H2. The van der Waals surface area contributed by atoms with Gasteiger partial charge in [0.1, 0.15) is 4.90 Å². The van der Waals surface area contributed by atoms with Gasteiger partial charge >= 0.3 is 0 Å². The van der Waals surface area contributed by atoms with Crippen LogP contribution in [0.4, 0.5) is 5.69 Å². The minimum Gasteiger partial charge on any atom is -0.398 e. The molecule has 2 fully saturated rings. The molecule has 2 saturated carbocycles. The van der Waals surface area contributed by atoms with Crippen molar-refractivity contribution in [1.29, 1.82) is 0 Å². The van der Waals surface area contributed by atoms with Crippen LogP contribution < -0.4 is 5.73 Å². The third-order valence-electron chi connectivity index (χ3n) is 3.65. The molecular formula is C13H17BrN2O2S. The van der Waals surface area contributed by atoms with E-state index in [1.807, 2.05) is 0 Å². The molecule has 2 aliphatic rings. The first kappa shape index (κ1) is 13.4. The maximum atomic E-state index is 12.7. The van der Waals surface area contributed by atoms with E-state index in [4.69, 9.17) is 5.73 Å². The van der Waals surface area contributed by atoms with Gasteiger partial charge in [0.15, 0.2) is 0 Å². The van der Waals surface area contributed by atoms with Crippen molar-refractivity contribution in [1.82, 2.24) is 4.31 Å². The minimum absolute atomic E-state index is 0.189. The van der Waals surface area contributed by atoms with Crippen LogP contribution in [-0.2, 0) is 10.0 Å². The number of halogens is 1. The summed E-state index contributed by atoms with van der Waals surface area (Å²) in [7, 11) is -3.45. The number of nitrogens with two attached hydrogens (primary N) is 1. The zero-order valence-electron chi connectivity index (χ0n) is 10.5. The minimum atomic E-state index is -3.45. The molecule has 0 amide bonds. The van der Waals surface area contributed by atoms with Crippen LogP contribution >= 0.6 is 15.9 Å². The van der Waals surface area contributed by atoms with Crippen LogP contribution in [0, 0.1) is 5.92 Å². The van der Waals surface area contributed by atoms with E-state index in [9.17, 15) is 8.42 Å². The Kier molecular flexibility index (Phi) is 3.35. The fourth-order valence-electron chi connectivity index (χ4n) is 2.24. The number of nitrogens with zero attached hydrogens (tertiary/aromatic N) is 1. The molecule has 4 nitrogen and oxygen atoms in total. The molecule has 0 bridgehead atoms. The molecule has 2 aliphatic carbocycles. The number of anilines is 1. The van der Waals surface area contributed by atoms with Crippen molar-refractivity contribution < 1.29 is 8.42 Å². The molecule has 19 heavy (non-hydrogen) atoms. The van der Waals surface area contributed by atoms with Gasteiger partial charge in [0.25, 0.3) is 0 Å². The van der Waals surface area contributed by atoms with Crippen LogP contribution in [0.1, 0.15) is 25.7 Å². The van der Waals surface area contributed by atoms with Gasteiger partial charge in [0, 0.05) is 17.1 Å². The maximum absolute atomic E-state index is 12.7. The molecule has 0 saturated heterocycles. The average Bonchev–Trinajstić information content (AvgIpc) is 3.19. The molecule has 1 aromatic carbocycles. The molecule has 0 aliphatic heterocycles. The fourth-order valence-corrected chi connectivity index (χ4v) is 4.48. The summed E-state index contributed by atoms with van der Waals surface area (Å²) in [4.78, 5) is 0.239. The first-order valence-corrected chi connectivity index (χ1v) is 8.78. The summed E-state index contributed by atoms with van der Waals surface area (Å²) >= 11 is 3.30. The highest BCUT2D eigenvalue weighted by atomic mass is 79.9. The number of rotatable bonds is 5. The highest BCUT2D eigenvalue weighted by Gasteiger charge is 2.41. The van der Waals surface area contributed by atoms with Crippen molar-refractivity contribution in [2.45, 2.75) is 36.6 Å². The second-order valence-corrected chi connectivity index (χ2v) is 8.21. The number of hydrogen-bond donors (Lipinski definition) is 1. The van der Waals surface area contributed by atoms with E-state index in [-0.39, 0.29) is 10.9 Å². The molecule has 0 atom stereocenters. The first-order chi connectivity index (χ1) is 8.98. The Hall–Kier alpha value is -0.590. The van der Waals surface area contributed by atoms with Crippen molar-refractivity contribution >= 4 is 31.6 Å². The Morgan fingerprint density at radius 2 is 1.95 bits per heavy atom. The summed E-state index contributed by atoms with van der Waals surface area (Å²) in [5, 5.41) is 0. The molecule has 0 aromatic heterocycles. The molecule has 6 heteroatoms. The predicted octanol–water partition coefficient (Wildman–Crippen LogP) is 2.59. The normalized spacial score (nSPS) is 19.9. The van der Waals surface area contributed by atoms with E-state index in [1.54, 1.807) is 22.5 Å². The third kappa shape index (κ3) is 2.80. The van der Waals surface area contributed by atoms with Crippen molar-refractivity contribution in [3.63, 3.8) is 0 Å². The summed E-state index contributed by atoms with van der Waals surface area (Å²) in [6.45, 7) is 0.655. The number of hydrogen-bond acceptors (Lipinski definition) is 3. The summed E-state index contributed by atoms with van der Waals surface area (Å²) < 4.78 is 27.9. The van der Waals surface area contributed by atoms with E-state index < -0.39 is 10.0 Å². The SMILES string of the molecule is Nc1cc(Br)ccc1S(=O)(=O)N(CC1CC1)C1CC1. The fraction of sp³-hybridized carbons (Fsp3) is 0.538. The molecule has 0 unspecified atom stereocenters. The number of nitrogen functional groups attached to an aromatic ring is 1. The number of sulfonamides is 1. The van der Waals surface area contributed by atoms with Crippen LogP contribution in [-0.4, -0.2) is 25.3 Å². The second-order valence-electron chi connectivity index (χ2n) is 5.43. The van der Waals surface area contributed by atoms with Gasteiger partial charge in [0.05, 0.1) is 5.69 Å². The lowest BCUT2D eigenvalue weighted by Gasteiger charge is -2.22. The molecule has 0 radical (unpaired) electrons. The van der Waals surface area contributed by atoms with Gasteiger partial charge in [-0.1, -0.05) is 15.9 Å². The largest absolute Gasteiger partial charge is 0.398 e. The van der Waals surface area contributed by atoms with E-state index in [0.717, 1.165) is 30.2 Å². The zero-order chi connectivity index (χ0) is 13.6. The lowest BCUT2D eigenvalue weighted by Crippen LogP contribution is -2.35. The van der Waals surface area contributed by atoms with Gasteiger partial charge in [-0.15, -0.1) is 0 Å². The molecule has 2 N–H and O–H groups in total. The van der Waals surface area contributed by atoms with Crippen LogP contribution in [0.2, 0.25) is 0 Å². The number of benzene rings is 1. The van der Waals surface area contributed by atoms with E-state index in [2.05, 4.69) is 15.9 Å². The topological polar surface area (TPSA) is 63.4 Å². The Labute approximate surface area is 122 Å². The molecule has 3 rings (SSSR count). The van der Waals surface area contributed by atoms with Crippen molar-refractivity contribution in [2.24, 2.45) is 5.92 Å². The molecule has 0 heterocycles. The van der Waals surface area contributed by atoms with Gasteiger partial charge in [-0.05, 0) is 49.8 Å². The summed E-state index contributed by atoms with van der Waals surface area (Å²) in [6, 6.07) is 5.16. The zero-order valence-corrected chi connectivity index (χ0v) is 13.0. The Balaban J connectivity index is 1.94. The first-order valence-electron chi connectivity index (χ1n) is 6.55. The van der Waals surface area contributed by atoms with Crippen LogP contribution in [0.3, 0.4) is 0 Å². The molecule has 0 spiro atoms. The van der Waals surface area contributed by atoms with Gasteiger partial charge < -0.3 is 5.73 Å². The van der Waals surface area contributed by atoms with Gasteiger partial charge in [-0.25, -0.2) is 8.42 Å².